The molecule has 150 valence electrons. The molecule has 0 bridgehead atoms. The summed E-state index contributed by atoms with van der Waals surface area (Å²) in [7, 11) is 0. The van der Waals surface area contributed by atoms with E-state index in [1.807, 2.05) is 12.1 Å². The quantitative estimate of drug-likeness (QED) is 0.460. The van der Waals surface area contributed by atoms with Crippen LogP contribution in [0.5, 0.6) is 0 Å². The van der Waals surface area contributed by atoms with Crippen LogP contribution in [0.1, 0.15) is 28.8 Å². The second-order valence-electron chi connectivity index (χ2n) is 6.75. The first-order valence-electron chi connectivity index (χ1n) is 9.01. The zero-order chi connectivity index (χ0) is 21.3. The largest absolute Gasteiger partial charge is 0.361 e. The highest BCUT2D eigenvalue weighted by Gasteiger charge is 2.32. The van der Waals surface area contributed by atoms with Crippen molar-refractivity contribution in [3.63, 3.8) is 0 Å². The van der Waals surface area contributed by atoms with Crippen LogP contribution in [0, 0.1) is 20.2 Å². The van der Waals surface area contributed by atoms with Crippen LogP contribution in [0.4, 0.5) is 11.4 Å². The third kappa shape index (κ3) is 3.85. The minimum Gasteiger partial charge on any atom is -0.361 e. The number of non-ortho nitro benzene ring substituents is 2. The van der Waals surface area contributed by atoms with Gasteiger partial charge in [-0.3, -0.25) is 25.2 Å². The molecule has 1 N–H and O–H groups in total. The summed E-state index contributed by atoms with van der Waals surface area (Å²) in [4.78, 5) is 25.8. The van der Waals surface area contributed by atoms with Gasteiger partial charge in [0.2, 0.25) is 0 Å². The molecule has 4 rings (SSSR count). The number of benzene rings is 3. The van der Waals surface area contributed by atoms with Crippen molar-refractivity contribution in [2.24, 2.45) is 4.99 Å². The predicted molar refractivity (Wildman–Crippen MR) is 113 cm³/mol. The van der Waals surface area contributed by atoms with E-state index in [2.05, 4.69) is 5.32 Å². The number of halogens is 1. The number of nitrogens with one attached hydrogen (secondary N) is 1. The SMILES string of the molecule is O=[N+]([O-])c1ccc(C2N=C(c3ccc(Cl)cc3)NC2c2ccc([N+](=O)[O-])cc2)cc1. The average molecular weight is 423 g/mol. The van der Waals surface area contributed by atoms with Crippen molar-refractivity contribution in [2.45, 2.75) is 12.1 Å². The van der Waals surface area contributed by atoms with E-state index < -0.39 is 9.85 Å². The molecule has 2 unspecified atom stereocenters. The van der Waals surface area contributed by atoms with Crippen molar-refractivity contribution in [1.82, 2.24) is 5.32 Å². The topological polar surface area (TPSA) is 111 Å². The van der Waals surface area contributed by atoms with Crippen LogP contribution in [-0.4, -0.2) is 15.7 Å². The Morgan fingerprint density at radius 1 is 0.767 bits per heavy atom. The van der Waals surface area contributed by atoms with Gasteiger partial charge in [0, 0.05) is 34.9 Å². The van der Waals surface area contributed by atoms with Gasteiger partial charge in [-0.1, -0.05) is 23.7 Å². The van der Waals surface area contributed by atoms with E-state index in [1.54, 1.807) is 36.4 Å². The fourth-order valence-electron chi connectivity index (χ4n) is 3.37. The van der Waals surface area contributed by atoms with Crippen molar-refractivity contribution in [1.29, 1.82) is 0 Å². The second kappa shape index (κ2) is 7.92. The van der Waals surface area contributed by atoms with Gasteiger partial charge < -0.3 is 5.32 Å². The summed E-state index contributed by atoms with van der Waals surface area (Å²) in [5.74, 6) is 0.651. The first-order valence-corrected chi connectivity index (χ1v) is 9.39. The maximum Gasteiger partial charge on any atom is 0.269 e. The fraction of sp³-hybridized carbons (Fsp3) is 0.0952. The van der Waals surface area contributed by atoms with Crippen molar-refractivity contribution in [2.75, 3.05) is 0 Å². The Bertz CT molecular complexity index is 1130. The van der Waals surface area contributed by atoms with E-state index in [4.69, 9.17) is 16.6 Å². The van der Waals surface area contributed by atoms with Crippen LogP contribution in [0.2, 0.25) is 5.02 Å². The highest BCUT2D eigenvalue weighted by atomic mass is 35.5. The first-order chi connectivity index (χ1) is 14.4. The highest BCUT2D eigenvalue weighted by molar-refractivity contribution is 6.30. The summed E-state index contributed by atoms with van der Waals surface area (Å²) >= 11 is 5.98. The van der Waals surface area contributed by atoms with Gasteiger partial charge >= 0.3 is 0 Å². The average Bonchev–Trinajstić information content (AvgIpc) is 3.20. The number of nitrogens with zero attached hydrogens (tertiary/aromatic N) is 3. The number of nitro groups is 2. The van der Waals surface area contributed by atoms with Gasteiger partial charge in [-0.25, -0.2) is 0 Å². The van der Waals surface area contributed by atoms with Gasteiger partial charge in [-0.15, -0.1) is 0 Å². The Balaban J connectivity index is 1.72. The molecule has 30 heavy (non-hydrogen) atoms. The lowest BCUT2D eigenvalue weighted by molar-refractivity contribution is -0.385. The zero-order valence-corrected chi connectivity index (χ0v) is 16.2. The van der Waals surface area contributed by atoms with E-state index in [1.165, 1.54) is 24.3 Å². The van der Waals surface area contributed by atoms with E-state index >= 15 is 0 Å². The number of hydrogen-bond donors (Lipinski definition) is 1. The van der Waals surface area contributed by atoms with Crippen molar-refractivity contribution in [3.05, 3.63) is 115 Å². The summed E-state index contributed by atoms with van der Waals surface area (Å²) in [5, 5.41) is 25.9. The molecule has 0 saturated carbocycles. The van der Waals surface area contributed by atoms with Gasteiger partial charge in [-0.2, -0.15) is 0 Å². The molecule has 0 fully saturated rings. The van der Waals surface area contributed by atoms with Crippen molar-refractivity contribution in [3.8, 4) is 0 Å². The molecule has 1 aliphatic heterocycles. The molecule has 3 aromatic carbocycles. The lowest BCUT2D eigenvalue weighted by Crippen LogP contribution is -2.25. The van der Waals surface area contributed by atoms with Gasteiger partial charge in [0.25, 0.3) is 11.4 Å². The molecule has 2 atom stereocenters. The fourth-order valence-corrected chi connectivity index (χ4v) is 3.50. The second-order valence-corrected chi connectivity index (χ2v) is 7.19. The molecule has 3 aromatic rings. The standard InChI is InChI=1S/C21H15ClN4O4/c22-16-7-1-15(2-8-16)21-23-19(13-3-9-17(10-4-13)25(27)28)20(24-21)14-5-11-18(12-6-14)26(29)30/h1-12,19-20H,(H,23,24). The van der Waals surface area contributed by atoms with E-state index in [-0.39, 0.29) is 23.5 Å². The highest BCUT2D eigenvalue weighted by Crippen LogP contribution is 2.38. The van der Waals surface area contributed by atoms with E-state index in [0.717, 1.165) is 16.7 Å². The maximum absolute atomic E-state index is 11.0. The number of amidine groups is 1. The minimum atomic E-state index is -0.451. The Morgan fingerprint density at radius 2 is 1.27 bits per heavy atom. The van der Waals surface area contributed by atoms with E-state index in [9.17, 15) is 20.2 Å². The Morgan fingerprint density at radius 3 is 1.77 bits per heavy atom. The zero-order valence-electron chi connectivity index (χ0n) is 15.4. The number of rotatable bonds is 5. The normalized spacial score (nSPS) is 17.8. The lowest BCUT2D eigenvalue weighted by Gasteiger charge is -2.19. The van der Waals surface area contributed by atoms with Crippen LogP contribution >= 0.6 is 11.6 Å². The number of aliphatic imine (C=N–C) groups is 1. The van der Waals surface area contributed by atoms with Crippen molar-refractivity contribution >= 4 is 28.8 Å². The van der Waals surface area contributed by atoms with Crippen LogP contribution in [0.15, 0.2) is 77.8 Å². The number of nitro benzene ring substituents is 2. The molecular weight excluding hydrogens is 408 g/mol. The summed E-state index contributed by atoms with van der Waals surface area (Å²) < 4.78 is 0. The van der Waals surface area contributed by atoms with Crippen molar-refractivity contribution < 1.29 is 9.85 Å². The summed E-state index contributed by atoms with van der Waals surface area (Å²) in [6.45, 7) is 0. The molecule has 0 radical (unpaired) electrons. The molecule has 1 heterocycles. The molecule has 0 spiro atoms. The summed E-state index contributed by atoms with van der Waals surface area (Å²) in [6, 6.07) is 19.1. The maximum atomic E-state index is 11.0. The van der Waals surface area contributed by atoms with Crippen LogP contribution < -0.4 is 5.32 Å². The van der Waals surface area contributed by atoms with Gasteiger partial charge in [0.05, 0.1) is 15.9 Å². The smallest absolute Gasteiger partial charge is 0.269 e. The molecule has 0 amide bonds. The summed E-state index contributed by atoms with van der Waals surface area (Å²) in [6.07, 6.45) is 0. The molecule has 1 aliphatic rings. The van der Waals surface area contributed by atoms with Gasteiger partial charge in [0.1, 0.15) is 11.9 Å². The number of hydrogen-bond acceptors (Lipinski definition) is 6. The minimum absolute atomic E-state index is 0.00139. The monoisotopic (exact) mass is 422 g/mol. The molecule has 0 saturated heterocycles. The van der Waals surface area contributed by atoms with Crippen LogP contribution in [0.3, 0.4) is 0 Å². The van der Waals surface area contributed by atoms with Crippen LogP contribution in [0.25, 0.3) is 0 Å². The third-order valence-corrected chi connectivity index (χ3v) is 5.15. The first kappa shape index (κ1) is 19.5. The van der Waals surface area contributed by atoms with Gasteiger partial charge in [-0.05, 0) is 47.5 Å². The predicted octanol–water partition coefficient (Wildman–Crippen LogP) is 4.99. The Kier molecular flexibility index (Phi) is 5.16. The van der Waals surface area contributed by atoms with E-state index in [0.29, 0.717) is 10.9 Å². The molecule has 9 heteroatoms. The Hall–Kier alpha value is -3.78. The van der Waals surface area contributed by atoms with Crippen LogP contribution in [-0.2, 0) is 0 Å². The summed E-state index contributed by atoms with van der Waals surface area (Å²) in [5.41, 5.74) is 2.45. The molecule has 0 aliphatic carbocycles. The Labute approximate surface area is 176 Å². The van der Waals surface area contributed by atoms with Gasteiger partial charge in [0.15, 0.2) is 0 Å². The lowest BCUT2D eigenvalue weighted by atomic mass is 9.94. The third-order valence-electron chi connectivity index (χ3n) is 4.90. The molecular formula is C21H15ClN4O4. The molecule has 8 nitrogen and oxygen atoms in total. The molecule has 0 aromatic heterocycles.